The summed E-state index contributed by atoms with van der Waals surface area (Å²) in [6.45, 7) is 5.82. The molecular weight excluding hydrogens is 1710 g/mol. The van der Waals surface area contributed by atoms with E-state index in [0.717, 1.165) is 31.4 Å². The van der Waals surface area contributed by atoms with Crippen LogP contribution < -0.4 is 81.0 Å². The smallest absolute Gasteiger partial charge is 0.246 e. The highest BCUT2D eigenvalue weighted by Crippen LogP contribution is 2.26. The highest BCUT2D eigenvalue weighted by Gasteiger charge is 2.44. The van der Waals surface area contributed by atoms with E-state index in [2.05, 4.69) is 83.7 Å². The van der Waals surface area contributed by atoms with Crippen LogP contribution in [0.1, 0.15) is 134 Å². The zero-order chi connectivity index (χ0) is 95.7. The second kappa shape index (κ2) is 50.5. The summed E-state index contributed by atoms with van der Waals surface area (Å²) in [5.74, 6) is -17.3. The number of thioether (sulfide) groups is 1. The third kappa shape index (κ3) is 30.3. The van der Waals surface area contributed by atoms with Gasteiger partial charge in [0.25, 0.3) is 0 Å². The summed E-state index contributed by atoms with van der Waals surface area (Å²) in [4.78, 5) is 265. The number of carbonyl (C=O) groups excluding carboxylic acids is 17. The van der Waals surface area contributed by atoms with Gasteiger partial charge in [0.15, 0.2) is 5.96 Å². The van der Waals surface area contributed by atoms with Gasteiger partial charge < -0.3 is 121 Å². The molecule has 3 aromatic carbocycles. The van der Waals surface area contributed by atoms with Gasteiger partial charge in [0, 0.05) is 112 Å². The lowest BCUT2D eigenvalue weighted by Gasteiger charge is -2.36. The molecule has 0 aliphatic carbocycles. The van der Waals surface area contributed by atoms with Crippen molar-refractivity contribution in [2.75, 3.05) is 65.4 Å². The van der Waals surface area contributed by atoms with Gasteiger partial charge >= 0.3 is 0 Å². The number of H-pyrrole nitrogens is 3. The Kier molecular flexibility index (Phi) is 39.6. The van der Waals surface area contributed by atoms with Gasteiger partial charge in [-0.3, -0.25) is 86.9 Å². The number of amides is 17. The molecule has 43 heteroatoms. The number of benzene rings is 3. The van der Waals surface area contributed by atoms with Crippen molar-refractivity contribution in [2.45, 2.75) is 216 Å². The van der Waals surface area contributed by atoms with Crippen molar-refractivity contribution in [3.63, 3.8) is 0 Å². The van der Waals surface area contributed by atoms with Crippen LogP contribution >= 0.6 is 11.8 Å². The minimum Gasteiger partial charge on any atom is -0.394 e. The number of likely N-dealkylation sites (N-methyl/N-ethyl adjacent to an activating group) is 3. The van der Waals surface area contributed by atoms with Crippen LogP contribution in [0.15, 0.2) is 104 Å². The summed E-state index contributed by atoms with van der Waals surface area (Å²) in [6.07, 6.45) is 5.96. The molecule has 2 aliphatic heterocycles. The maximum atomic E-state index is 15.7. The fourth-order valence-electron chi connectivity index (χ4n) is 15.5. The Balaban J connectivity index is 1.17. The predicted octanol–water partition coefficient (Wildman–Crippen LogP) is -2.48. The van der Waals surface area contributed by atoms with E-state index in [-0.39, 0.29) is 89.6 Å². The predicted molar refractivity (Wildman–Crippen MR) is 485 cm³/mol. The number of aromatic nitrogens is 4. The van der Waals surface area contributed by atoms with Gasteiger partial charge in [-0.15, -0.1) is 11.8 Å². The summed E-state index contributed by atoms with van der Waals surface area (Å²) in [5.41, 5.74) is 20.0. The summed E-state index contributed by atoms with van der Waals surface area (Å²) in [5, 5.41) is 51.7. The third-order valence-corrected chi connectivity index (χ3v) is 23.9. The summed E-state index contributed by atoms with van der Waals surface area (Å²) >= 11 is 0.794. The van der Waals surface area contributed by atoms with Gasteiger partial charge in [-0.25, -0.2) is 4.98 Å². The van der Waals surface area contributed by atoms with E-state index in [1.165, 1.54) is 40.6 Å². The number of unbranched alkanes of at least 4 members (excludes halogenated alkanes) is 2. The number of guanidine groups is 1. The number of hydrogen-bond donors (Lipinski definition) is 20. The number of hydrogen-bond acceptors (Lipinski definition) is 21. The van der Waals surface area contributed by atoms with Crippen LogP contribution in [-0.2, 0) is 107 Å². The highest BCUT2D eigenvalue weighted by molar-refractivity contribution is 8.00. The Morgan fingerprint density at radius 3 is 1.69 bits per heavy atom. The summed E-state index contributed by atoms with van der Waals surface area (Å²) in [7, 11) is 3.96. The van der Waals surface area contributed by atoms with Crippen LogP contribution in [0.3, 0.4) is 0 Å². The number of nitrogens with zero attached hydrogens (tertiary/aromatic N) is 5. The standard InChI is InChI=1S/C88H124N24O18S/c1-9-11-29-68-82(125)102-59(28-20-32-94-88(91)92)78(121)108-67(77(120)97-43-72(90)115)46-131-47-74(117)101-63(35-51-22-14-13-15-23-51)84(127)109(6)50(5)75(118)105-65(39-71(89)114)86(129)112-33-21-31-69(112)83(126)104-62(38-54-42-93-48-99-54)80(123)103-60(34-49(3)4)76(119)98-44-73(116)100-61(36-52-40-95-57-26-18-16-24-55(52)57)79(122)107-66(45-113)81(124)106-64(37-53-41-96-58-27-19-17-25-56(53)58)85(128)111(8)70(30-12-10-2)87(130)110(68)7/h13-19,22-27,40-42,48-50,59-70,95-96,113H,9-12,20-21,28-39,43-47H2,1-8H3,(H2,89,114)(H2,90,115)(H,93,99)(H,97,120)(H,98,119)(H,100,116)(H,101,117)(H,102,125)(H,103,123)(H,104,126)(H,105,118)(H,106,124)(H,107,122)(H,108,121)(H4,91,92,94)/t50-,59-,60-,61-,62-,63-,64-,65-,66-,67-,68-,69?,70-/m0/s1. The first kappa shape index (κ1) is 103. The molecule has 0 spiro atoms. The topological polar surface area (TPSA) is 630 Å². The van der Waals surface area contributed by atoms with E-state index in [4.69, 9.17) is 22.6 Å². The normalized spacial score (nSPS) is 23.5. The summed E-state index contributed by atoms with van der Waals surface area (Å²) < 4.78 is 0. The van der Waals surface area contributed by atoms with Crippen molar-refractivity contribution in [1.29, 1.82) is 5.41 Å². The summed E-state index contributed by atoms with van der Waals surface area (Å²) in [6, 6.07) is 2.86. The number of para-hydroxylation sites is 2. The fourth-order valence-corrected chi connectivity index (χ4v) is 16.4. The van der Waals surface area contributed by atoms with Crippen LogP contribution in [0.5, 0.6) is 0 Å². The number of aliphatic hydroxyl groups excluding tert-OH is 1. The first-order valence-electron chi connectivity index (χ1n) is 43.8. The molecular formula is C88H124N24O18S. The molecule has 0 bridgehead atoms. The average molecular weight is 1840 g/mol. The molecule has 42 nitrogen and oxygen atoms in total. The van der Waals surface area contributed by atoms with Gasteiger partial charge in [0.1, 0.15) is 78.5 Å². The van der Waals surface area contributed by atoms with E-state index >= 15 is 19.2 Å². The van der Waals surface area contributed by atoms with Gasteiger partial charge in [-0.2, -0.15) is 0 Å². The highest BCUT2D eigenvalue weighted by atomic mass is 32.2. The fraction of sp³-hybridized carbons (Fsp3) is 0.511. The quantitative estimate of drug-likeness (QED) is 0.0152. The van der Waals surface area contributed by atoms with Gasteiger partial charge in [-0.05, 0) is 86.6 Å². The van der Waals surface area contributed by atoms with Crippen LogP contribution in [-0.4, -0.2) is 295 Å². The molecule has 8 rings (SSSR count). The number of imidazole rings is 1. The number of fused-ring (bicyclic) bond motifs is 3. The maximum absolute atomic E-state index is 15.7. The first-order chi connectivity index (χ1) is 62.5. The number of nitrogens with one attached hydrogen (secondary N) is 16. The van der Waals surface area contributed by atoms with Gasteiger partial charge in [0.05, 0.1) is 38.2 Å². The third-order valence-electron chi connectivity index (χ3n) is 22.8. The molecule has 710 valence electrons. The number of primary amides is 2. The van der Waals surface area contributed by atoms with Crippen molar-refractivity contribution in [2.24, 2.45) is 23.1 Å². The van der Waals surface area contributed by atoms with E-state index < -0.39 is 223 Å². The number of carbonyl (C=O) groups is 17. The molecule has 2 aliphatic rings. The Bertz CT molecular complexity index is 5010. The van der Waals surface area contributed by atoms with Crippen LogP contribution in [0, 0.1) is 11.3 Å². The minimum atomic E-state index is -1.85. The average Bonchev–Trinajstić information content (AvgIpc) is 1.74. The molecule has 23 N–H and O–H groups in total. The molecule has 0 radical (unpaired) electrons. The Morgan fingerprint density at radius 2 is 1.08 bits per heavy atom. The number of aromatic amines is 3. The zero-order valence-corrected chi connectivity index (χ0v) is 75.7. The Hall–Kier alpha value is -13.5. The Labute approximate surface area is 762 Å². The maximum Gasteiger partial charge on any atom is 0.246 e. The second-order valence-corrected chi connectivity index (χ2v) is 34.2. The molecule has 17 amide bonds. The van der Waals surface area contributed by atoms with Crippen molar-refractivity contribution < 1.29 is 86.6 Å². The molecule has 1 unspecified atom stereocenters. The second-order valence-electron chi connectivity index (χ2n) is 33.2. The van der Waals surface area contributed by atoms with Crippen LogP contribution in [0.4, 0.5) is 0 Å². The zero-order valence-electron chi connectivity index (χ0n) is 74.9. The van der Waals surface area contributed by atoms with Crippen molar-refractivity contribution >= 4 is 140 Å². The molecule has 6 aromatic rings. The molecule has 2 saturated heterocycles. The van der Waals surface area contributed by atoms with Crippen molar-refractivity contribution in [3.8, 4) is 0 Å². The monoisotopic (exact) mass is 1840 g/mol. The van der Waals surface area contributed by atoms with Gasteiger partial charge in [-0.1, -0.05) is 120 Å². The lowest BCUT2D eigenvalue weighted by molar-refractivity contribution is -0.149. The van der Waals surface area contributed by atoms with Crippen LogP contribution in [0.2, 0.25) is 0 Å². The van der Waals surface area contributed by atoms with Crippen molar-refractivity contribution in [3.05, 3.63) is 126 Å². The van der Waals surface area contributed by atoms with Crippen molar-refractivity contribution in [1.82, 2.24) is 103 Å². The molecule has 13 atom stereocenters. The Morgan fingerprint density at radius 1 is 0.542 bits per heavy atom. The molecule has 3 aromatic heterocycles. The SMILES string of the molecule is CCCC[C@H]1C(=O)N(C)[C@@H](CCCC)C(=O)N[C@@H](CCCNC(=N)N)C(=O)N[C@H](C(=O)NCC(N)=O)CSCC(=O)N[C@@H](Cc2ccccc2)C(=O)N(C)[C@@H](C)C(=O)N[C@@H](CC(N)=O)C(=O)N2CCCC2C(=O)N[C@@H](Cc2cnc[nH]2)C(=O)N[C@@H](CC(C)C)C(=O)NCC(=O)N[C@@H](Cc2c[nH]c3ccccc23)C(=O)N[C@@H](CO)C(=O)N[C@@H](Cc2c[nH]c3ccccc23)C(=O)N1C. The van der Waals surface area contributed by atoms with E-state index in [1.54, 1.807) is 105 Å². The van der Waals surface area contributed by atoms with E-state index in [0.29, 0.717) is 69.9 Å². The van der Waals surface area contributed by atoms with E-state index in [1.807, 2.05) is 13.8 Å². The first-order valence-corrected chi connectivity index (χ1v) is 45.0. The number of rotatable bonds is 26. The van der Waals surface area contributed by atoms with Gasteiger partial charge in [0.2, 0.25) is 100 Å². The van der Waals surface area contributed by atoms with E-state index in [9.17, 15) is 67.4 Å². The number of aliphatic hydroxyl groups is 1. The number of nitrogens with two attached hydrogens (primary N) is 3. The lowest BCUT2D eigenvalue weighted by Crippen LogP contribution is -2.61. The van der Waals surface area contributed by atoms with Crippen LogP contribution in [0.25, 0.3) is 21.8 Å². The largest absolute Gasteiger partial charge is 0.394 e. The minimum absolute atomic E-state index is 0.00137. The molecule has 0 saturated carbocycles. The molecule has 5 heterocycles. The molecule has 131 heavy (non-hydrogen) atoms. The lowest BCUT2D eigenvalue weighted by atomic mass is 10.00. The molecule has 2 fully saturated rings.